The van der Waals surface area contributed by atoms with E-state index in [-0.39, 0.29) is 36.5 Å². The molecule has 73 heavy (non-hydrogen) atoms. The van der Waals surface area contributed by atoms with E-state index in [0.29, 0.717) is 89.9 Å². The van der Waals surface area contributed by atoms with Crippen molar-refractivity contribution < 1.29 is 64.8 Å². The Morgan fingerprint density at radius 2 is 0.904 bits per heavy atom. The van der Waals surface area contributed by atoms with E-state index in [0.717, 1.165) is 11.1 Å². The van der Waals surface area contributed by atoms with Crippen LogP contribution in [0.1, 0.15) is 186 Å². The summed E-state index contributed by atoms with van der Waals surface area (Å²) < 4.78 is 6.58. The zero-order chi connectivity index (χ0) is 53.8. The predicted octanol–water partition coefficient (Wildman–Crippen LogP) is 8.96. The van der Waals surface area contributed by atoms with Crippen LogP contribution in [0.25, 0.3) is 0 Å². The Morgan fingerprint density at radius 1 is 0.507 bits per heavy atom. The van der Waals surface area contributed by atoms with Crippen LogP contribution < -0.4 is 0 Å². The van der Waals surface area contributed by atoms with Gasteiger partial charge in [0, 0.05) is 11.8 Å². The second-order valence-electron chi connectivity index (χ2n) is 29.4. The molecule has 0 amide bonds. The van der Waals surface area contributed by atoms with Crippen molar-refractivity contribution in [2.24, 2.45) is 101 Å². The number of aliphatic hydroxyl groups excluding tert-OH is 3. The SMILES string of the molecule is C[C@@H]1CC[C@]2(C(=O)O)CC[C@]3(C)C(=CC[C@@H]4[C@@]5(C)C[C@@H](O)[C@@H](O)[C@](C)(C(=O)O[C@@H]6[C@H](O)C[C@@]7(C)C(CC[C@]8(C)[C@@H]7CC=C7C9[C@](C(=O)O)(CC[C@@H](C)[C@@]9(C)O)CC[C@]78C)[C@@]6(C)C(=O)O)C5CC[C@]43C)C2[C@]1(C)O. The predicted molar refractivity (Wildman–Crippen MR) is 271 cm³/mol. The molecular weight excluding hydrogens is 929 g/mol. The lowest BCUT2D eigenvalue weighted by molar-refractivity contribution is -0.266. The first-order valence-corrected chi connectivity index (χ1v) is 28.4. The number of hydrogen-bond donors (Lipinski definition) is 8. The summed E-state index contributed by atoms with van der Waals surface area (Å²) in [4.78, 5) is 56.3. The van der Waals surface area contributed by atoms with E-state index in [1.54, 1.807) is 13.8 Å². The van der Waals surface area contributed by atoms with Gasteiger partial charge < -0.3 is 45.6 Å². The van der Waals surface area contributed by atoms with Crippen LogP contribution in [0.15, 0.2) is 23.3 Å². The molecule has 13 nitrogen and oxygen atoms in total. The van der Waals surface area contributed by atoms with Gasteiger partial charge in [-0.1, -0.05) is 78.7 Å². The van der Waals surface area contributed by atoms with Crippen molar-refractivity contribution in [2.75, 3.05) is 0 Å². The smallest absolute Gasteiger partial charge is 0.315 e. The first-order chi connectivity index (χ1) is 33.5. The van der Waals surface area contributed by atoms with Crippen LogP contribution >= 0.6 is 0 Å². The molecule has 8 fully saturated rings. The lowest BCUT2D eigenvalue weighted by atomic mass is 9.32. The van der Waals surface area contributed by atoms with E-state index in [9.17, 15) is 55.2 Å². The molecule has 0 bridgehead atoms. The van der Waals surface area contributed by atoms with Crippen molar-refractivity contribution in [3.8, 4) is 0 Å². The van der Waals surface area contributed by atoms with Gasteiger partial charge in [0.05, 0.1) is 45.8 Å². The van der Waals surface area contributed by atoms with Crippen LogP contribution in [0.5, 0.6) is 0 Å². The number of aliphatic hydroxyl groups is 5. The van der Waals surface area contributed by atoms with Crippen molar-refractivity contribution in [1.82, 2.24) is 0 Å². The Kier molecular flexibility index (Phi) is 11.7. The number of fused-ring (bicyclic) bond motifs is 14. The maximum atomic E-state index is 15.5. The molecule has 13 heteroatoms. The number of ether oxygens (including phenoxy) is 1. The van der Waals surface area contributed by atoms with Gasteiger partial charge in [0.15, 0.2) is 0 Å². The monoisotopic (exact) mass is 1020 g/mol. The summed E-state index contributed by atoms with van der Waals surface area (Å²) in [7, 11) is 0. The minimum Gasteiger partial charge on any atom is -0.481 e. The Morgan fingerprint density at radius 3 is 1.30 bits per heavy atom. The summed E-state index contributed by atoms with van der Waals surface area (Å²) >= 11 is 0. The third kappa shape index (κ3) is 6.15. The highest BCUT2D eigenvalue weighted by Crippen LogP contribution is 2.79. The van der Waals surface area contributed by atoms with Gasteiger partial charge >= 0.3 is 23.9 Å². The fourth-order valence-electron chi connectivity index (χ4n) is 22.3. The molecule has 0 saturated heterocycles. The highest BCUT2D eigenvalue weighted by molar-refractivity contribution is 5.81. The molecular formula is C60H90O13. The minimum absolute atomic E-state index is 0.104. The van der Waals surface area contributed by atoms with E-state index in [1.807, 2.05) is 27.7 Å². The number of carbonyl (C=O) groups excluding carboxylic acids is 1. The van der Waals surface area contributed by atoms with Gasteiger partial charge in [0.2, 0.25) is 0 Å². The second kappa shape index (κ2) is 15.9. The maximum Gasteiger partial charge on any atom is 0.315 e. The largest absolute Gasteiger partial charge is 0.481 e. The van der Waals surface area contributed by atoms with E-state index in [1.165, 1.54) is 0 Å². The number of rotatable bonds is 5. The Bertz CT molecular complexity index is 2440. The van der Waals surface area contributed by atoms with Gasteiger partial charge in [-0.25, -0.2) is 0 Å². The summed E-state index contributed by atoms with van der Waals surface area (Å²) in [6.07, 6.45) is 6.54. The van der Waals surface area contributed by atoms with Crippen LogP contribution in [0, 0.1) is 101 Å². The van der Waals surface area contributed by atoms with Crippen molar-refractivity contribution in [1.29, 1.82) is 0 Å². The molecule has 4 unspecified atom stereocenters. The van der Waals surface area contributed by atoms with Gasteiger partial charge in [-0.3, -0.25) is 19.2 Å². The van der Waals surface area contributed by atoms with Gasteiger partial charge in [0.25, 0.3) is 0 Å². The van der Waals surface area contributed by atoms with Crippen molar-refractivity contribution >= 4 is 23.9 Å². The quantitative estimate of drug-likeness (QED) is 0.0949. The van der Waals surface area contributed by atoms with Gasteiger partial charge in [-0.15, -0.1) is 0 Å². The zero-order valence-electron chi connectivity index (χ0n) is 46.0. The average molecular weight is 1020 g/mol. The van der Waals surface area contributed by atoms with E-state index >= 15 is 4.79 Å². The van der Waals surface area contributed by atoms with Crippen LogP contribution in [0.4, 0.5) is 0 Å². The third-order valence-corrected chi connectivity index (χ3v) is 27.3. The molecule has 10 rings (SSSR count). The normalized spacial score (nSPS) is 58.0. The lowest BCUT2D eigenvalue weighted by Gasteiger charge is -2.72. The molecule has 0 heterocycles. The van der Waals surface area contributed by atoms with E-state index < -0.39 is 137 Å². The number of esters is 1. The average Bonchev–Trinajstić information content (AvgIpc) is 3.29. The molecule has 0 aromatic rings. The lowest BCUT2D eigenvalue weighted by Crippen LogP contribution is -2.71. The molecule has 8 saturated carbocycles. The van der Waals surface area contributed by atoms with Crippen LogP contribution in [0.2, 0.25) is 0 Å². The maximum absolute atomic E-state index is 15.5. The third-order valence-electron chi connectivity index (χ3n) is 27.3. The molecule has 0 aromatic heterocycles. The van der Waals surface area contributed by atoms with Crippen LogP contribution in [-0.4, -0.2) is 100 Å². The van der Waals surface area contributed by atoms with Crippen molar-refractivity contribution in [3.63, 3.8) is 0 Å². The molecule has 10 aliphatic rings. The number of carboxylic acids is 3. The molecule has 0 aromatic carbocycles. The van der Waals surface area contributed by atoms with Gasteiger partial charge in [-0.2, -0.15) is 0 Å². The zero-order valence-corrected chi connectivity index (χ0v) is 46.0. The molecule has 0 radical (unpaired) electrons. The highest BCUT2D eigenvalue weighted by Gasteiger charge is 2.77. The number of hydrogen-bond acceptors (Lipinski definition) is 10. The van der Waals surface area contributed by atoms with E-state index in [2.05, 4.69) is 53.7 Å². The second-order valence-corrected chi connectivity index (χ2v) is 29.4. The van der Waals surface area contributed by atoms with Crippen LogP contribution in [-0.2, 0) is 23.9 Å². The topological polar surface area (TPSA) is 239 Å². The van der Waals surface area contributed by atoms with Crippen molar-refractivity contribution in [3.05, 3.63) is 23.3 Å². The van der Waals surface area contributed by atoms with Gasteiger partial charge in [-0.05, 0) is 198 Å². The number of carbonyl (C=O) groups is 4. The first-order valence-electron chi connectivity index (χ1n) is 28.4. The summed E-state index contributed by atoms with van der Waals surface area (Å²) in [6, 6.07) is 0. The standard InChI is InChI=1S/C60H90O13/c1-31-17-23-59(46(66)67)27-25-51(5)33(41(59)57(31,11)71)13-15-37-49(3)29-35(61)43(63)55(9,39(49)19-21-53(37,51)7)48(70)73-44-36(62)30-50(4)38-16-14-34-42-58(12,72)32(2)18-24-60(42,47(68)69)28-26-52(34,6)54(38,8)22-20-40(50)56(44,10)45(64)65/h13-14,31-32,35-44,61-63,71-72H,15-30H2,1-12H3,(H,64,65)(H,66,67)(H,68,69)/t31-,32-,35-,36-,37-,38-,39?,40?,41?,42?,43-,44-,49-,50-,51-,52-,53-,54-,55-,56-,57-,58-,59+,60+/m1/s1. The van der Waals surface area contributed by atoms with Gasteiger partial charge in [0.1, 0.15) is 11.5 Å². The Balaban J connectivity index is 0.973. The molecule has 10 aliphatic carbocycles. The van der Waals surface area contributed by atoms with Crippen LogP contribution in [0.3, 0.4) is 0 Å². The van der Waals surface area contributed by atoms with Crippen molar-refractivity contribution in [2.45, 2.75) is 221 Å². The molecule has 0 aliphatic heterocycles. The molecule has 24 atom stereocenters. The first kappa shape index (κ1) is 53.6. The summed E-state index contributed by atoms with van der Waals surface area (Å²) in [6.45, 7) is 24.1. The fraction of sp³-hybridized carbons (Fsp3) is 0.867. The Labute approximate surface area is 433 Å². The minimum atomic E-state index is -1.76. The fourth-order valence-corrected chi connectivity index (χ4v) is 22.3. The summed E-state index contributed by atoms with van der Waals surface area (Å²) in [5, 5.41) is 94.9. The number of carboxylic acid groups (broad SMARTS) is 3. The Hall–Kier alpha value is -2.84. The molecule has 0 spiro atoms. The number of allylic oxidation sites excluding steroid dienone is 2. The highest BCUT2D eigenvalue weighted by atomic mass is 16.6. The summed E-state index contributed by atoms with van der Waals surface area (Å²) in [5.74, 6) is -6.40. The molecule has 408 valence electrons. The summed E-state index contributed by atoms with van der Waals surface area (Å²) in [5.41, 5.74) is -9.51. The number of aliphatic carboxylic acids is 3. The molecule has 8 N–H and O–H groups in total. The van der Waals surface area contributed by atoms with E-state index in [4.69, 9.17) is 4.74 Å².